The number of amides is 2. The molecule has 2 aromatic heterocycles. The van der Waals surface area contributed by atoms with Crippen LogP contribution in [-0.2, 0) is 10.3 Å². The van der Waals surface area contributed by atoms with Crippen molar-refractivity contribution in [3.05, 3.63) is 88.0 Å². The first-order chi connectivity index (χ1) is 18.2. The molecule has 9 heteroatoms. The molecule has 192 valence electrons. The highest BCUT2D eigenvalue weighted by molar-refractivity contribution is 6.31. The molecule has 0 bridgehead atoms. The zero-order valence-corrected chi connectivity index (χ0v) is 22.4. The van der Waals surface area contributed by atoms with Crippen LogP contribution in [0.25, 0.3) is 11.4 Å². The Hall–Kier alpha value is -4.17. The molecule has 4 heterocycles. The number of methoxy groups -OCH3 is 1. The first-order valence-corrected chi connectivity index (χ1v) is 12.7. The average Bonchev–Trinajstić information content (AvgIpc) is 3.49. The van der Waals surface area contributed by atoms with Gasteiger partial charge in [0.25, 0.3) is 11.8 Å². The van der Waals surface area contributed by atoms with Crippen molar-refractivity contribution in [3.63, 3.8) is 0 Å². The van der Waals surface area contributed by atoms with Gasteiger partial charge in [0.15, 0.2) is 11.2 Å². The van der Waals surface area contributed by atoms with Gasteiger partial charge < -0.3 is 14.6 Å². The minimum Gasteiger partial charge on any atom is -0.494 e. The fraction of sp³-hybridized carbons (Fsp3) is 0.241. The second-order valence-corrected chi connectivity index (χ2v) is 10.4. The topological polar surface area (TPSA) is 89.3 Å². The third kappa shape index (κ3) is 3.10. The molecule has 4 aromatic rings. The van der Waals surface area contributed by atoms with E-state index in [1.807, 2.05) is 56.5 Å². The summed E-state index contributed by atoms with van der Waals surface area (Å²) in [7, 11) is 1.57. The average molecular weight is 528 g/mol. The molecule has 0 radical (unpaired) electrons. The number of ether oxygens (including phenoxy) is 1. The predicted octanol–water partition coefficient (Wildman–Crippen LogP) is 5.66. The number of imidazole rings is 1. The molecule has 1 atom stereocenters. The molecule has 0 aliphatic carbocycles. The Morgan fingerprint density at radius 1 is 1.08 bits per heavy atom. The minimum atomic E-state index is -1.49. The molecule has 2 amide bonds. The summed E-state index contributed by atoms with van der Waals surface area (Å²) in [6, 6.07) is 12.8. The smallest absolute Gasteiger partial charge is 0.280 e. The lowest BCUT2D eigenvalue weighted by atomic mass is 9.86. The Labute approximate surface area is 225 Å². The van der Waals surface area contributed by atoms with Crippen molar-refractivity contribution in [2.75, 3.05) is 17.3 Å². The minimum absolute atomic E-state index is 0.147. The quantitative estimate of drug-likeness (QED) is 0.370. The molecule has 2 aliphatic rings. The van der Waals surface area contributed by atoms with Gasteiger partial charge in [-0.2, -0.15) is 0 Å². The monoisotopic (exact) mass is 527 g/mol. The molecule has 8 nitrogen and oxygen atoms in total. The van der Waals surface area contributed by atoms with Crippen LogP contribution in [0, 0.1) is 13.8 Å². The van der Waals surface area contributed by atoms with Crippen molar-refractivity contribution in [2.45, 2.75) is 39.3 Å². The summed E-state index contributed by atoms with van der Waals surface area (Å²) in [5.74, 6) is 0.375. The highest BCUT2D eigenvalue weighted by Crippen LogP contribution is 2.55. The number of aryl methyl sites for hydroxylation is 2. The van der Waals surface area contributed by atoms with Gasteiger partial charge in [0.1, 0.15) is 11.6 Å². The van der Waals surface area contributed by atoms with E-state index in [1.54, 1.807) is 42.6 Å². The zero-order chi connectivity index (χ0) is 26.9. The number of rotatable bonds is 4. The zero-order valence-electron chi connectivity index (χ0n) is 21.7. The number of hydrogen-bond donors (Lipinski definition) is 1. The van der Waals surface area contributed by atoms with Gasteiger partial charge in [-0.3, -0.25) is 19.5 Å². The van der Waals surface area contributed by atoms with E-state index in [-0.39, 0.29) is 23.6 Å². The van der Waals surface area contributed by atoms with E-state index in [2.05, 4.69) is 10.3 Å². The van der Waals surface area contributed by atoms with Crippen molar-refractivity contribution in [1.82, 2.24) is 14.5 Å². The number of aromatic nitrogens is 3. The van der Waals surface area contributed by atoms with Crippen molar-refractivity contribution < 1.29 is 14.3 Å². The molecule has 2 aliphatic heterocycles. The molecule has 2 aromatic carbocycles. The molecule has 1 unspecified atom stereocenters. The van der Waals surface area contributed by atoms with Gasteiger partial charge in [0.05, 0.1) is 24.6 Å². The lowest BCUT2D eigenvalue weighted by Gasteiger charge is -2.36. The lowest BCUT2D eigenvalue weighted by molar-refractivity contribution is -0.119. The van der Waals surface area contributed by atoms with E-state index in [9.17, 15) is 9.59 Å². The maximum Gasteiger partial charge on any atom is 0.280 e. The van der Waals surface area contributed by atoms with Crippen LogP contribution in [0.2, 0.25) is 5.02 Å². The SMILES string of the molecule is COc1cnccc1-c1nc2c(n1C(C)C)C1(C(=O)Nc3cc(Cl)ccc31)N(c1cc(C)ccc1C)C2=O. The van der Waals surface area contributed by atoms with Crippen molar-refractivity contribution >= 4 is 34.8 Å². The number of carbonyl (C=O) groups excluding carboxylic acids is 2. The molecule has 1 N–H and O–H groups in total. The second kappa shape index (κ2) is 8.43. The van der Waals surface area contributed by atoms with Crippen molar-refractivity contribution in [2.24, 2.45) is 0 Å². The van der Waals surface area contributed by atoms with Crippen LogP contribution in [0.3, 0.4) is 0 Å². The summed E-state index contributed by atoms with van der Waals surface area (Å²) in [5, 5.41) is 3.50. The van der Waals surface area contributed by atoms with E-state index in [0.29, 0.717) is 44.8 Å². The molecule has 38 heavy (non-hydrogen) atoms. The number of pyridine rings is 1. The van der Waals surface area contributed by atoms with Gasteiger partial charge in [0, 0.05) is 34.2 Å². The van der Waals surface area contributed by atoms with Crippen LogP contribution >= 0.6 is 11.6 Å². The summed E-state index contributed by atoms with van der Waals surface area (Å²) in [6.07, 6.45) is 3.27. The van der Waals surface area contributed by atoms with E-state index < -0.39 is 5.54 Å². The number of nitrogens with zero attached hydrogens (tertiary/aromatic N) is 4. The Kier molecular flexibility index (Phi) is 5.36. The standard InChI is InChI=1S/C29H26ClN5O3/c1-15(2)34-25-24(33-26(34)19-10-11-31-14-23(19)38-5)27(36)35(22-12-16(3)6-7-17(22)4)29(25)20-9-8-18(30)13-21(20)32-28(29)37/h6-15H,1-5H3,(H,32,37). The Morgan fingerprint density at radius 3 is 2.61 bits per heavy atom. The normalized spacial score (nSPS) is 17.8. The summed E-state index contributed by atoms with van der Waals surface area (Å²) < 4.78 is 7.56. The Morgan fingerprint density at radius 2 is 1.87 bits per heavy atom. The first-order valence-electron chi connectivity index (χ1n) is 12.3. The number of fused-ring (bicyclic) bond motifs is 4. The number of nitrogens with one attached hydrogen (secondary N) is 1. The molecule has 6 rings (SSSR count). The van der Waals surface area contributed by atoms with E-state index in [4.69, 9.17) is 21.3 Å². The van der Waals surface area contributed by atoms with Crippen LogP contribution in [-0.4, -0.2) is 33.5 Å². The Bertz CT molecular complexity index is 1660. The van der Waals surface area contributed by atoms with E-state index >= 15 is 0 Å². The van der Waals surface area contributed by atoms with Gasteiger partial charge in [-0.1, -0.05) is 29.8 Å². The molecule has 0 fully saturated rings. The highest BCUT2D eigenvalue weighted by Gasteiger charge is 2.64. The summed E-state index contributed by atoms with van der Waals surface area (Å²) in [4.78, 5) is 39.4. The molecular formula is C29H26ClN5O3. The first kappa shape index (κ1) is 24.2. The van der Waals surface area contributed by atoms with Crippen LogP contribution in [0.1, 0.15) is 52.8 Å². The number of anilines is 2. The highest BCUT2D eigenvalue weighted by atomic mass is 35.5. The third-order valence-electron chi connectivity index (χ3n) is 7.31. The van der Waals surface area contributed by atoms with Gasteiger partial charge >= 0.3 is 0 Å². The van der Waals surface area contributed by atoms with Gasteiger partial charge in [0.2, 0.25) is 0 Å². The van der Waals surface area contributed by atoms with Gasteiger partial charge in [-0.15, -0.1) is 0 Å². The van der Waals surface area contributed by atoms with Crippen LogP contribution in [0.4, 0.5) is 11.4 Å². The summed E-state index contributed by atoms with van der Waals surface area (Å²) in [6.45, 7) is 7.92. The maximum atomic E-state index is 14.4. The maximum absolute atomic E-state index is 14.4. The molecular weight excluding hydrogens is 502 g/mol. The van der Waals surface area contributed by atoms with Crippen LogP contribution in [0.5, 0.6) is 5.75 Å². The number of hydrogen-bond acceptors (Lipinski definition) is 5. The largest absolute Gasteiger partial charge is 0.494 e. The predicted molar refractivity (Wildman–Crippen MR) is 146 cm³/mol. The fourth-order valence-corrected chi connectivity index (χ4v) is 5.86. The van der Waals surface area contributed by atoms with Crippen molar-refractivity contribution in [1.29, 1.82) is 0 Å². The van der Waals surface area contributed by atoms with E-state index in [0.717, 1.165) is 11.1 Å². The van der Waals surface area contributed by atoms with Crippen molar-refractivity contribution in [3.8, 4) is 17.1 Å². The summed E-state index contributed by atoms with van der Waals surface area (Å²) >= 11 is 6.32. The number of halogens is 1. The lowest BCUT2D eigenvalue weighted by Crippen LogP contribution is -2.51. The third-order valence-corrected chi connectivity index (χ3v) is 7.55. The summed E-state index contributed by atoms with van der Waals surface area (Å²) in [5.41, 5.74) is 3.66. The number of carbonyl (C=O) groups is 2. The fourth-order valence-electron chi connectivity index (χ4n) is 5.69. The number of benzene rings is 2. The Balaban J connectivity index is 1.75. The van der Waals surface area contributed by atoms with Crippen LogP contribution in [0.15, 0.2) is 54.9 Å². The van der Waals surface area contributed by atoms with E-state index in [1.165, 1.54) is 0 Å². The van der Waals surface area contributed by atoms with Gasteiger partial charge in [-0.05, 0) is 63.1 Å². The molecule has 0 saturated heterocycles. The van der Waals surface area contributed by atoms with Crippen LogP contribution < -0.4 is 15.0 Å². The van der Waals surface area contributed by atoms with Gasteiger partial charge in [-0.25, -0.2) is 4.98 Å². The second-order valence-electron chi connectivity index (χ2n) is 9.96. The molecule has 0 saturated carbocycles. The molecule has 1 spiro atoms.